The lowest BCUT2D eigenvalue weighted by molar-refractivity contribution is -0.668. The Labute approximate surface area is 180 Å². The van der Waals surface area contributed by atoms with Crippen molar-refractivity contribution in [2.24, 2.45) is 0 Å². The lowest BCUT2D eigenvalue weighted by atomic mass is 10.2. The van der Waals surface area contributed by atoms with Gasteiger partial charge in [0.1, 0.15) is 10.5 Å². The molecule has 1 heterocycles. The summed E-state index contributed by atoms with van der Waals surface area (Å²) in [6, 6.07) is 12.9. The zero-order chi connectivity index (χ0) is 21.7. The SMILES string of the molecule is CCN(CC)c1ccc(/C=C/c2sc3ccc(F)cc3[n+]2CCCS(=O)(=O)O)cc1. The third-order valence-electron chi connectivity index (χ3n) is 4.92. The van der Waals surface area contributed by atoms with E-state index in [9.17, 15) is 12.8 Å². The molecule has 8 heteroatoms. The molecular weight excluding hydrogens is 423 g/mol. The number of hydrogen-bond donors (Lipinski definition) is 1. The first-order valence-electron chi connectivity index (χ1n) is 9.91. The minimum absolute atomic E-state index is 0.241. The van der Waals surface area contributed by atoms with E-state index in [0.717, 1.165) is 28.4 Å². The third kappa shape index (κ3) is 5.65. The second-order valence-corrected chi connectivity index (χ2v) is 9.58. The second-order valence-electron chi connectivity index (χ2n) is 6.94. The molecule has 1 N–H and O–H groups in total. The third-order valence-corrected chi connectivity index (χ3v) is 6.85. The standard InChI is InChI=1S/C22H25FN2O3S2/c1-3-24(4-2)19-10-6-17(7-11-19)8-13-22-25(14-5-15-30(26,27)28)20-16-18(23)9-12-21(20)29-22/h6-13,16H,3-5,14-15H2,1-2H3/p+1. The molecule has 0 aliphatic heterocycles. The highest BCUT2D eigenvalue weighted by Gasteiger charge is 2.20. The number of rotatable bonds is 9. The van der Waals surface area contributed by atoms with Gasteiger partial charge in [-0.05, 0) is 49.8 Å². The molecule has 0 aliphatic rings. The highest BCUT2D eigenvalue weighted by atomic mass is 32.2. The first kappa shape index (κ1) is 22.4. The molecular formula is C22H26FN2O3S2+. The Hall–Kier alpha value is -2.29. The molecule has 1 aromatic heterocycles. The molecule has 0 radical (unpaired) electrons. The molecule has 30 heavy (non-hydrogen) atoms. The molecule has 2 aromatic carbocycles. The number of fused-ring (bicyclic) bond motifs is 1. The van der Waals surface area contributed by atoms with E-state index in [0.29, 0.717) is 12.1 Å². The van der Waals surface area contributed by atoms with E-state index in [1.807, 2.05) is 16.7 Å². The molecule has 160 valence electrons. The van der Waals surface area contributed by atoms with E-state index in [2.05, 4.69) is 43.0 Å². The summed E-state index contributed by atoms with van der Waals surface area (Å²) in [5, 5.41) is 0.888. The van der Waals surface area contributed by atoms with Crippen LogP contribution in [-0.4, -0.2) is 31.8 Å². The number of nitrogens with zero attached hydrogens (tertiary/aromatic N) is 2. The summed E-state index contributed by atoms with van der Waals surface area (Å²) in [5.41, 5.74) is 2.93. The van der Waals surface area contributed by atoms with Gasteiger partial charge in [-0.25, -0.2) is 4.39 Å². The van der Waals surface area contributed by atoms with E-state index >= 15 is 0 Å². The van der Waals surface area contributed by atoms with Gasteiger partial charge in [-0.15, -0.1) is 0 Å². The van der Waals surface area contributed by atoms with Gasteiger partial charge in [-0.2, -0.15) is 13.0 Å². The number of thiazole rings is 1. The Morgan fingerprint density at radius 2 is 1.80 bits per heavy atom. The quantitative estimate of drug-likeness (QED) is 0.382. The molecule has 0 aliphatic carbocycles. The normalized spacial score (nSPS) is 12.1. The molecule has 0 saturated carbocycles. The fourth-order valence-electron chi connectivity index (χ4n) is 3.39. The molecule has 3 aromatic rings. The van der Waals surface area contributed by atoms with Crippen molar-refractivity contribution in [3.8, 4) is 0 Å². The Balaban J connectivity index is 1.88. The van der Waals surface area contributed by atoms with Crippen LogP contribution in [0.15, 0.2) is 42.5 Å². The Morgan fingerprint density at radius 1 is 1.10 bits per heavy atom. The van der Waals surface area contributed by atoms with Crippen LogP contribution < -0.4 is 9.47 Å². The van der Waals surface area contributed by atoms with Gasteiger partial charge >= 0.3 is 0 Å². The largest absolute Gasteiger partial charge is 0.372 e. The Kier molecular flexibility index (Phi) is 7.23. The van der Waals surface area contributed by atoms with Crippen molar-refractivity contribution in [2.45, 2.75) is 26.8 Å². The molecule has 0 amide bonds. The maximum atomic E-state index is 13.8. The number of anilines is 1. The fourth-order valence-corrected chi connectivity index (χ4v) is 4.95. The number of halogens is 1. The van der Waals surface area contributed by atoms with Crippen LogP contribution in [0.4, 0.5) is 10.1 Å². The molecule has 0 unspecified atom stereocenters. The van der Waals surface area contributed by atoms with Crippen LogP contribution in [0.3, 0.4) is 0 Å². The lowest BCUT2D eigenvalue weighted by Gasteiger charge is -2.20. The monoisotopic (exact) mass is 449 g/mol. The number of hydrogen-bond acceptors (Lipinski definition) is 4. The molecule has 0 atom stereocenters. The number of aromatic nitrogens is 1. The zero-order valence-corrected chi connectivity index (χ0v) is 18.7. The first-order chi connectivity index (χ1) is 14.3. The van der Waals surface area contributed by atoms with Gasteiger partial charge in [0.15, 0.2) is 6.54 Å². The van der Waals surface area contributed by atoms with Crippen LogP contribution >= 0.6 is 11.3 Å². The van der Waals surface area contributed by atoms with Crippen LogP contribution in [0.1, 0.15) is 30.8 Å². The van der Waals surface area contributed by atoms with Gasteiger partial charge in [0.25, 0.3) is 15.1 Å². The van der Waals surface area contributed by atoms with E-state index in [1.165, 1.54) is 29.2 Å². The van der Waals surface area contributed by atoms with Gasteiger partial charge in [-0.3, -0.25) is 4.55 Å². The number of aryl methyl sites for hydroxylation is 1. The average Bonchev–Trinajstić information content (AvgIpc) is 3.04. The first-order valence-corrected chi connectivity index (χ1v) is 12.3. The molecule has 0 spiro atoms. The van der Waals surface area contributed by atoms with E-state index in [-0.39, 0.29) is 18.0 Å². The number of benzene rings is 2. The lowest BCUT2D eigenvalue weighted by Crippen LogP contribution is -2.36. The minimum atomic E-state index is -4.03. The highest BCUT2D eigenvalue weighted by Crippen LogP contribution is 2.24. The summed E-state index contributed by atoms with van der Waals surface area (Å²) >= 11 is 1.51. The van der Waals surface area contributed by atoms with Gasteiger partial charge in [0, 0.05) is 37.3 Å². The maximum absolute atomic E-state index is 13.8. The molecule has 3 rings (SSSR count). The van der Waals surface area contributed by atoms with E-state index in [1.54, 1.807) is 6.07 Å². The summed E-state index contributed by atoms with van der Waals surface area (Å²) in [6.07, 6.45) is 4.19. The van der Waals surface area contributed by atoms with Crippen molar-refractivity contribution in [3.63, 3.8) is 0 Å². The molecule has 0 fully saturated rings. The van der Waals surface area contributed by atoms with Crippen molar-refractivity contribution in [2.75, 3.05) is 23.7 Å². The van der Waals surface area contributed by atoms with E-state index in [4.69, 9.17) is 4.55 Å². The predicted molar refractivity (Wildman–Crippen MR) is 122 cm³/mol. The Morgan fingerprint density at radius 3 is 2.43 bits per heavy atom. The molecule has 0 bridgehead atoms. The van der Waals surface area contributed by atoms with Crippen molar-refractivity contribution < 1.29 is 21.9 Å². The summed E-state index contributed by atoms with van der Waals surface area (Å²) in [7, 11) is -4.03. The van der Waals surface area contributed by atoms with Crippen molar-refractivity contribution in [1.82, 2.24) is 0 Å². The van der Waals surface area contributed by atoms with Crippen LogP contribution in [0.25, 0.3) is 22.4 Å². The van der Waals surface area contributed by atoms with Gasteiger partial charge < -0.3 is 4.90 Å². The smallest absolute Gasteiger partial charge is 0.265 e. The fraction of sp³-hybridized carbons (Fsp3) is 0.318. The topological polar surface area (TPSA) is 61.5 Å². The van der Waals surface area contributed by atoms with Gasteiger partial charge in [0.05, 0.1) is 5.75 Å². The van der Waals surface area contributed by atoms with Gasteiger partial charge in [-0.1, -0.05) is 23.5 Å². The Bertz CT molecular complexity index is 1140. The second kappa shape index (κ2) is 9.68. The van der Waals surface area contributed by atoms with Crippen molar-refractivity contribution in [1.29, 1.82) is 0 Å². The summed E-state index contributed by atoms with van der Waals surface area (Å²) in [4.78, 5) is 2.27. The zero-order valence-electron chi connectivity index (χ0n) is 17.1. The molecule has 0 saturated heterocycles. The maximum Gasteiger partial charge on any atom is 0.265 e. The minimum Gasteiger partial charge on any atom is -0.372 e. The molecule has 5 nitrogen and oxygen atoms in total. The van der Waals surface area contributed by atoms with E-state index < -0.39 is 10.1 Å². The summed E-state index contributed by atoms with van der Waals surface area (Å²) in [5.74, 6) is -0.672. The van der Waals surface area contributed by atoms with Crippen molar-refractivity contribution in [3.05, 3.63) is 58.9 Å². The summed E-state index contributed by atoms with van der Waals surface area (Å²) < 4.78 is 47.7. The average molecular weight is 450 g/mol. The van der Waals surface area contributed by atoms with Gasteiger partial charge in [0.2, 0.25) is 5.52 Å². The summed E-state index contributed by atoms with van der Waals surface area (Å²) in [6.45, 7) is 6.52. The highest BCUT2D eigenvalue weighted by molar-refractivity contribution is 7.85. The van der Waals surface area contributed by atoms with Crippen LogP contribution in [-0.2, 0) is 16.7 Å². The predicted octanol–water partition coefficient (Wildman–Crippen LogP) is 4.62. The van der Waals surface area contributed by atoms with Crippen LogP contribution in [0.5, 0.6) is 0 Å². The van der Waals surface area contributed by atoms with Crippen LogP contribution in [0, 0.1) is 5.82 Å². The van der Waals surface area contributed by atoms with Crippen LogP contribution in [0.2, 0.25) is 0 Å². The van der Waals surface area contributed by atoms with Crippen molar-refractivity contribution >= 4 is 49.5 Å².